The second-order valence-corrected chi connectivity index (χ2v) is 40.9. The van der Waals surface area contributed by atoms with E-state index in [1.54, 1.807) is 81.1 Å². The van der Waals surface area contributed by atoms with Gasteiger partial charge in [-0.25, -0.2) is 0 Å². The summed E-state index contributed by atoms with van der Waals surface area (Å²) in [5.41, 5.74) is 16.4. The Morgan fingerprint density at radius 3 is 1.13 bits per heavy atom. The molecule has 28 nitrogen and oxygen atoms in total. The van der Waals surface area contributed by atoms with E-state index in [4.69, 9.17) is 27.4 Å². The smallest absolute Gasteiger partial charge is 0.320 e. The number of nitrogens with two attached hydrogens (primary N) is 3. The first kappa shape index (κ1) is 139. The number of ketones is 12. The van der Waals surface area contributed by atoms with Crippen LogP contribution >= 0.6 is 135 Å². The molecule has 0 aromatic heterocycles. The highest BCUT2D eigenvalue weighted by atomic mass is 33.1. The average Bonchev–Trinajstić information content (AvgIpc) is 1.70. The molecular formula is C88H163N8O20S11-. The number of hydrogen-bond donors (Lipinski definition) is 17. The maximum atomic E-state index is 12.0. The maximum Gasteiger partial charge on any atom is 0.320 e. The lowest BCUT2D eigenvalue weighted by Gasteiger charge is -2.27. The Balaban J connectivity index is -0.000000213. The Morgan fingerprint density at radius 2 is 0.827 bits per heavy atom. The molecule has 2 rings (SSSR count). The van der Waals surface area contributed by atoms with Crippen LogP contribution in [-0.2, 0) is 86.3 Å². The van der Waals surface area contributed by atoms with Crippen molar-refractivity contribution in [2.24, 2.45) is 76.4 Å². The number of hydrogen-bond acceptors (Lipinski definition) is 33. The van der Waals surface area contributed by atoms with Crippen LogP contribution in [0.15, 0.2) is 0 Å². The van der Waals surface area contributed by atoms with Crippen molar-refractivity contribution < 1.29 is 96.5 Å². The number of carbonyl (C=O) groups excluding carboxylic acids is 17. The third kappa shape index (κ3) is 72.7. The second kappa shape index (κ2) is 81.0. The number of nitrogens with zero attached hydrogens (tertiary/aromatic N) is 1. The van der Waals surface area contributed by atoms with Gasteiger partial charge in [0.15, 0.2) is 40.5 Å². The van der Waals surface area contributed by atoms with Gasteiger partial charge >= 0.3 is 5.97 Å². The van der Waals surface area contributed by atoms with Gasteiger partial charge in [0.2, 0.25) is 29.5 Å². The van der Waals surface area contributed by atoms with E-state index in [1.165, 1.54) is 38.9 Å². The lowest BCUT2D eigenvalue weighted by molar-refractivity contribution is -0.325. The summed E-state index contributed by atoms with van der Waals surface area (Å²) in [6, 6.07) is -4.81. The number of likely N-dealkylation sites (tertiary alicyclic amines) is 1. The van der Waals surface area contributed by atoms with E-state index in [0.717, 1.165) is 44.6 Å². The lowest BCUT2D eigenvalue weighted by Crippen LogP contribution is -2.49. The quantitative estimate of drug-likeness (QED) is 0.0153. The van der Waals surface area contributed by atoms with Gasteiger partial charge in [-0.3, -0.25) is 81.5 Å². The molecule has 0 bridgehead atoms. The van der Waals surface area contributed by atoms with Crippen molar-refractivity contribution in [3.05, 3.63) is 0 Å². The molecule has 2 saturated heterocycles. The summed E-state index contributed by atoms with van der Waals surface area (Å²) in [4.78, 5) is 206. The van der Waals surface area contributed by atoms with Gasteiger partial charge in [0.25, 0.3) is 0 Å². The molecule has 11 atom stereocenters. The molecule has 0 aromatic carbocycles. The molecule has 2 aliphatic heterocycles. The zero-order valence-electron chi connectivity index (χ0n) is 80.2. The number of carboxylic acids is 1. The largest absolute Gasteiger partial charge is 0.857 e. The van der Waals surface area contributed by atoms with Gasteiger partial charge in [-0.05, 0) is 72.6 Å². The number of rotatable bonds is 48. The first-order chi connectivity index (χ1) is 58.6. The summed E-state index contributed by atoms with van der Waals surface area (Å²) < 4.78 is -0.779. The number of Topliss-reactive ketones (excluding diaryl/α,β-unsaturated/α-hetero) is 12. The molecule has 2 fully saturated rings. The highest BCUT2D eigenvalue weighted by Crippen LogP contribution is 2.40. The van der Waals surface area contributed by atoms with Crippen LogP contribution in [0.1, 0.15) is 262 Å². The molecule has 0 spiro atoms. The van der Waals surface area contributed by atoms with E-state index < -0.39 is 52.9 Å². The fourth-order valence-corrected chi connectivity index (χ4v) is 15.2. The Labute approximate surface area is 818 Å². The number of amides is 5. The molecule has 0 saturated carbocycles. The molecule has 0 aromatic rings. The molecule has 11 N–H and O–H groups in total. The Hall–Kier alpha value is -3.45. The number of aliphatic carboxylic acids is 1. The van der Waals surface area contributed by atoms with Crippen LogP contribution in [0.25, 0.3) is 0 Å². The minimum Gasteiger partial charge on any atom is -0.857 e. The molecule has 2 aliphatic rings. The molecular weight excluding hydrogens is 1840 g/mol. The van der Waals surface area contributed by atoms with Gasteiger partial charge in [0.05, 0.1) is 52.3 Å². The van der Waals surface area contributed by atoms with Gasteiger partial charge in [-0.1, -0.05) is 160 Å². The standard InChI is InChI=1S/C15H26N2O4S.C14H24N2O5S.C12H21NO2S.C11H20OS2.C10H19NO2S2.C8H15NO2S.C6H13NOS.C6H12OS.C5H10OS.CH3O/c1-9(2)15(21)11(16)5-7-14(20)17-12(8-22)13(19)6-4-10(3)18;1-8(2)11(17)4-5-12(18)10(7-22)16-13(19)6-3-9(15)14(20)21;1-8(2)11(14)10-5-4-6-13(10)12(15)9(3)7-16;1-9(2)11(12)6-4-3-5-10-7-8-13-14-10;1-6(2)8(12)7(5-14)11-9(13)10(3,4)15;1-5(2)8(11)7(4-12)9-6(3)10;1-4(2)6(8)5(7)3-9;1-4(2)6(7)5(3)8;1-4(2)5(6)3-7;1-2/h9,11-12,22H,4-8,16H2,1-3H3,(H,17,20);8-10,22H,3-7,15H2,1-2H3,(H,16,19)(H,20,21);8-10,16H,4-7H2,1-3H3;9-10H,3-8H2,1-2H3;6-7,14-15H,5H2,1-4H3,(H,11,13);5,7,12H,4H2,1-3H3,(H,9,10);4-5,9H,3,7H2,1-2H3;4-5,8H,1-3H3;4,7H,3H2,1-2H3;1H3/q;;;;;;;;;-1. The third-order valence-corrected chi connectivity index (χ3v) is 24.6. The van der Waals surface area contributed by atoms with Gasteiger partial charge < -0.3 is 58.4 Å². The zero-order valence-corrected chi connectivity index (χ0v) is 89.9. The first-order valence-corrected chi connectivity index (χ1v) is 51.0. The van der Waals surface area contributed by atoms with Crippen LogP contribution < -0.4 is 43.6 Å². The summed E-state index contributed by atoms with van der Waals surface area (Å²) in [5.74, 6) is 1.77. The first-order valence-electron chi connectivity index (χ1n) is 43.2. The minimum absolute atomic E-state index is 0.00377. The monoisotopic (exact) mass is 2000 g/mol. The van der Waals surface area contributed by atoms with Crippen LogP contribution in [0.5, 0.6) is 0 Å². The van der Waals surface area contributed by atoms with Crippen molar-refractivity contribution in [3.8, 4) is 0 Å². The summed E-state index contributed by atoms with van der Waals surface area (Å²) >= 11 is 36.1. The molecule has 742 valence electrons. The molecule has 0 aliphatic carbocycles. The number of carbonyl (C=O) groups is 18. The summed E-state index contributed by atoms with van der Waals surface area (Å²) in [6.07, 6.45) is 8.21. The fourth-order valence-electron chi connectivity index (χ4n) is 10.0. The van der Waals surface area contributed by atoms with Crippen molar-refractivity contribution in [3.63, 3.8) is 0 Å². The molecule has 5 amide bonds. The van der Waals surface area contributed by atoms with Crippen molar-refractivity contribution in [1.29, 1.82) is 0 Å². The van der Waals surface area contributed by atoms with Crippen molar-refractivity contribution in [2.45, 2.75) is 326 Å². The Morgan fingerprint density at radius 1 is 0.441 bits per heavy atom. The molecule has 0 radical (unpaired) electrons. The molecule has 39 heteroatoms. The van der Waals surface area contributed by atoms with Crippen LogP contribution in [0.3, 0.4) is 0 Å². The number of nitrogens with one attached hydrogen (secondary N) is 4. The maximum absolute atomic E-state index is 12.0. The van der Waals surface area contributed by atoms with Gasteiger partial charge in [0.1, 0.15) is 35.0 Å². The SMILES string of the molecule is CC(=O)CCC(=O)C(CS)NC(=O)CCC(N)C(=O)C(C)C.CC(=O)NC(CS)C(=O)C(C)C.CC(C)C(=O)C(C)S.CC(C)C(=O)C(CS)NC(=O)C(C)(C)S.CC(C)C(=O)C(N)CS.CC(C)C(=O)C1CCCN1C(=O)C(C)CS.CC(C)C(=O)CCC(=O)C(CS)NC(=O)CCC(N)C(=O)O.CC(C)C(=O)CCCCC1CCSS1.CC(C)C(=O)CS.C[O-]. The highest BCUT2D eigenvalue weighted by Gasteiger charge is 2.37. The van der Waals surface area contributed by atoms with Crippen LogP contribution in [0, 0.1) is 59.2 Å². The van der Waals surface area contributed by atoms with Crippen LogP contribution in [-0.4, -0.2) is 238 Å². The van der Waals surface area contributed by atoms with E-state index in [9.17, 15) is 86.3 Å². The highest BCUT2D eigenvalue weighted by molar-refractivity contribution is 8.77. The van der Waals surface area contributed by atoms with Crippen molar-refractivity contribution in [1.82, 2.24) is 26.2 Å². The lowest BCUT2D eigenvalue weighted by atomic mass is 9.98. The normalized spacial score (nSPS) is 15.2. The average molecular weight is 2010 g/mol. The summed E-state index contributed by atoms with van der Waals surface area (Å²) in [6.45, 7) is 43.8. The van der Waals surface area contributed by atoms with E-state index in [0.29, 0.717) is 34.5 Å². The predicted octanol–water partition coefficient (Wildman–Crippen LogP) is 10.6. The van der Waals surface area contributed by atoms with E-state index in [-0.39, 0.29) is 227 Å². The van der Waals surface area contributed by atoms with Gasteiger partial charge in [-0.2, -0.15) is 121 Å². The van der Waals surface area contributed by atoms with Gasteiger partial charge in [-0.15, -0.1) is 0 Å². The van der Waals surface area contributed by atoms with E-state index in [1.807, 2.05) is 97.7 Å². The minimum atomic E-state index is -1.18. The molecule has 127 heavy (non-hydrogen) atoms. The third-order valence-electron chi connectivity index (χ3n) is 18.5. The van der Waals surface area contributed by atoms with Crippen LogP contribution in [0.2, 0.25) is 0 Å². The number of unbranched alkanes of at least 4 members (excludes halogenated alkanes) is 1. The second-order valence-electron chi connectivity index (χ2n) is 33.7. The topological polar surface area (TPSA) is 480 Å². The fraction of sp³-hybridized carbons (Fsp3) is 0.795. The Kier molecular flexibility index (Phi) is 88.6. The van der Waals surface area contributed by atoms with Gasteiger partial charge in [0, 0.05) is 169 Å². The van der Waals surface area contributed by atoms with Crippen LogP contribution in [0.4, 0.5) is 0 Å². The summed E-state index contributed by atoms with van der Waals surface area (Å²) in [7, 11) is 4.79. The van der Waals surface area contributed by atoms with Crippen molar-refractivity contribution >= 4 is 240 Å². The number of carboxylic acid groups (broad SMARTS) is 1. The summed E-state index contributed by atoms with van der Waals surface area (Å²) in [5, 5.41) is 27.9. The predicted molar refractivity (Wildman–Crippen MR) is 546 cm³/mol. The van der Waals surface area contributed by atoms with E-state index >= 15 is 0 Å². The molecule has 11 unspecified atom stereocenters. The van der Waals surface area contributed by atoms with E-state index in [2.05, 4.69) is 135 Å². The number of thiol groups is 9. The zero-order chi connectivity index (χ0) is 101. The Bertz CT molecular complexity index is 3240. The molecule has 2 heterocycles. The van der Waals surface area contributed by atoms with Crippen molar-refractivity contribution in [2.75, 3.05) is 59.7 Å².